The maximum absolute atomic E-state index is 13.9. The first-order valence-corrected chi connectivity index (χ1v) is 13.0. The van der Waals surface area contributed by atoms with Crippen molar-refractivity contribution >= 4 is 52.0 Å². The number of rotatable bonds is 10. The molecule has 0 unspecified atom stereocenters. The van der Waals surface area contributed by atoms with Crippen LogP contribution in [-0.4, -0.2) is 56.6 Å². The molecule has 4 rings (SSSR count). The van der Waals surface area contributed by atoms with Crippen LogP contribution in [0.2, 0.25) is 4.34 Å². The van der Waals surface area contributed by atoms with Gasteiger partial charge in [-0.25, -0.2) is 0 Å². The molecule has 1 atom stereocenters. The molecule has 0 radical (unpaired) electrons. The lowest BCUT2D eigenvalue weighted by atomic mass is 10.1. The Balaban J connectivity index is 1.47. The number of thiophene rings is 1. The Hall–Kier alpha value is -2.67. The van der Waals surface area contributed by atoms with Crippen LogP contribution in [0.3, 0.4) is 0 Å². The van der Waals surface area contributed by atoms with Gasteiger partial charge in [-0.15, -0.1) is 11.3 Å². The van der Waals surface area contributed by atoms with Crippen LogP contribution in [0, 0.1) is 5.92 Å². The standard InChI is InChI=1S/C24H26ClF3N4O4S/c25-20-6-5-19(37-20)23(35)30-12-17(29-8-7-14-1-2-14)22(34)31-15-3-4-18(16(11-15)24(26,27)28)32-9-10-36-13-21(32)33/h3-6,11,14,17,29H,1-2,7-10,12-13H2,(H,30,35)(H,31,34)/t17-/m1/s1. The first-order valence-electron chi connectivity index (χ1n) is 11.8. The summed E-state index contributed by atoms with van der Waals surface area (Å²) in [6.07, 6.45) is -1.63. The molecule has 3 amide bonds. The van der Waals surface area contributed by atoms with Crippen LogP contribution in [0.25, 0.3) is 0 Å². The van der Waals surface area contributed by atoms with Crippen LogP contribution in [-0.2, 0) is 20.5 Å². The van der Waals surface area contributed by atoms with E-state index in [0.29, 0.717) is 21.7 Å². The lowest BCUT2D eigenvalue weighted by molar-refractivity contribution is -0.137. The molecule has 0 bridgehead atoms. The van der Waals surface area contributed by atoms with Gasteiger partial charge in [0.15, 0.2) is 0 Å². The van der Waals surface area contributed by atoms with Gasteiger partial charge in [0.1, 0.15) is 12.6 Å². The van der Waals surface area contributed by atoms with E-state index >= 15 is 0 Å². The number of hydrogen-bond donors (Lipinski definition) is 3. The zero-order chi connectivity index (χ0) is 26.6. The van der Waals surface area contributed by atoms with Gasteiger partial charge in [-0.3, -0.25) is 14.4 Å². The Morgan fingerprint density at radius 1 is 1.22 bits per heavy atom. The molecule has 0 spiro atoms. The number of hydrogen-bond acceptors (Lipinski definition) is 6. The molecule has 1 aromatic carbocycles. The van der Waals surface area contributed by atoms with Gasteiger partial charge in [-0.1, -0.05) is 24.4 Å². The Morgan fingerprint density at radius 2 is 2.00 bits per heavy atom. The fourth-order valence-corrected chi connectivity index (χ4v) is 4.88. The fourth-order valence-electron chi connectivity index (χ4n) is 3.92. The highest BCUT2D eigenvalue weighted by molar-refractivity contribution is 7.18. The second-order valence-electron chi connectivity index (χ2n) is 8.87. The molecule has 37 heavy (non-hydrogen) atoms. The molecule has 200 valence electrons. The van der Waals surface area contributed by atoms with Crippen LogP contribution >= 0.6 is 22.9 Å². The smallest absolute Gasteiger partial charge is 0.370 e. The number of carbonyl (C=O) groups is 3. The van der Waals surface area contributed by atoms with Crippen molar-refractivity contribution in [2.75, 3.05) is 43.1 Å². The predicted octanol–water partition coefficient (Wildman–Crippen LogP) is 3.91. The van der Waals surface area contributed by atoms with Crippen molar-refractivity contribution in [2.24, 2.45) is 5.92 Å². The van der Waals surface area contributed by atoms with E-state index in [2.05, 4.69) is 16.0 Å². The van der Waals surface area contributed by atoms with Crippen molar-refractivity contribution in [3.63, 3.8) is 0 Å². The minimum atomic E-state index is -4.76. The third-order valence-electron chi connectivity index (χ3n) is 6.07. The summed E-state index contributed by atoms with van der Waals surface area (Å²) in [6, 6.07) is 5.57. The summed E-state index contributed by atoms with van der Waals surface area (Å²) in [4.78, 5) is 39.0. The fraction of sp³-hybridized carbons (Fsp3) is 0.458. The number of benzene rings is 1. The van der Waals surface area contributed by atoms with Crippen molar-refractivity contribution in [2.45, 2.75) is 31.5 Å². The zero-order valence-electron chi connectivity index (χ0n) is 19.7. The van der Waals surface area contributed by atoms with Gasteiger partial charge in [0.2, 0.25) is 5.91 Å². The van der Waals surface area contributed by atoms with Crippen molar-refractivity contribution in [3.8, 4) is 0 Å². The molecule has 2 aromatic rings. The summed E-state index contributed by atoms with van der Waals surface area (Å²) in [6.45, 7) is 0.273. The van der Waals surface area contributed by atoms with Crippen molar-refractivity contribution < 1.29 is 32.3 Å². The first kappa shape index (κ1) is 27.4. The van der Waals surface area contributed by atoms with E-state index in [-0.39, 0.29) is 37.7 Å². The molecule has 1 saturated carbocycles. The third kappa shape index (κ3) is 7.44. The number of nitrogens with one attached hydrogen (secondary N) is 3. The number of anilines is 2. The predicted molar refractivity (Wildman–Crippen MR) is 134 cm³/mol. The summed E-state index contributed by atoms with van der Waals surface area (Å²) >= 11 is 6.98. The molecule has 13 heteroatoms. The lowest BCUT2D eigenvalue weighted by Crippen LogP contribution is -2.48. The van der Waals surface area contributed by atoms with Gasteiger partial charge in [0.05, 0.1) is 27.1 Å². The average Bonchev–Trinajstić information content (AvgIpc) is 3.58. The molecule has 2 fully saturated rings. The van der Waals surface area contributed by atoms with Gasteiger partial charge in [-0.2, -0.15) is 13.2 Å². The number of amides is 3. The normalized spacial score (nSPS) is 17.0. The van der Waals surface area contributed by atoms with Crippen LogP contribution in [0.1, 0.15) is 34.5 Å². The number of ether oxygens (including phenoxy) is 1. The van der Waals surface area contributed by atoms with Crippen molar-refractivity contribution in [1.82, 2.24) is 10.6 Å². The highest BCUT2D eigenvalue weighted by Gasteiger charge is 2.37. The highest BCUT2D eigenvalue weighted by atomic mass is 35.5. The van der Waals surface area contributed by atoms with Gasteiger partial charge < -0.3 is 25.6 Å². The van der Waals surface area contributed by atoms with Gasteiger partial charge in [0, 0.05) is 18.8 Å². The Morgan fingerprint density at radius 3 is 2.65 bits per heavy atom. The second-order valence-corrected chi connectivity index (χ2v) is 10.6. The molecule has 2 heterocycles. The van der Waals surface area contributed by atoms with Gasteiger partial charge in [-0.05, 0) is 49.2 Å². The number of alkyl halides is 3. The van der Waals surface area contributed by atoms with E-state index in [1.54, 1.807) is 12.1 Å². The summed E-state index contributed by atoms with van der Waals surface area (Å²) in [5.41, 5.74) is -1.41. The average molecular weight is 559 g/mol. The van der Waals surface area contributed by atoms with Crippen molar-refractivity contribution in [3.05, 3.63) is 45.1 Å². The summed E-state index contributed by atoms with van der Waals surface area (Å²) < 4.78 is 47.1. The van der Waals surface area contributed by atoms with E-state index in [1.807, 2.05) is 0 Å². The number of carbonyl (C=O) groups excluding carboxylic acids is 3. The maximum Gasteiger partial charge on any atom is 0.418 e. The topological polar surface area (TPSA) is 99.8 Å². The summed E-state index contributed by atoms with van der Waals surface area (Å²) in [5, 5.41) is 8.30. The number of halogens is 4. The van der Waals surface area contributed by atoms with Crippen molar-refractivity contribution in [1.29, 1.82) is 0 Å². The largest absolute Gasteiger partial charge is 0.418 e. The SMILES string of the molecule is O=C(NC[C@@H](NCCC1CC1)C(=O)Nc1ccc(N2CCOCC2=O)c(C(F)(F)F)c1)c1ccc(Cl)s1. The molecule has 1 saturated heterocycles. The molecular weight excluding hydrogens is 533 g/mol. The van der Waals surface area contributed by atoms with E-state index in [0.717, 1.165) is 41.6 Å². The molecule has 8 nitrogen and oxygen atoms in total. The molecular formula is C24H26ClF3N4O4S. The minimum Gasteiger partial charge on any atom is -0.370 e. The Labute approximate surface area is 220 Å². The molecule has 1 aliphatic heterocycles. The van der Waals surface area contributed by atoms with Gasteiger partial charge in [0.25, 0.3) is 11.8 Å². The Kier molecular flexibility index (Phi) is 8.73. The van der Waals surface area contributed by atoms with Crippen LogP contribution in [0.5, 0.6) is 0 Å². The van der Waals surface area contributed by atoms with E-state index < -0.39 is 35.5 Å². The first-order chi connectivity index (χ1) is 17.6. The monoisotopic (exact) mass is 558 g/mol. The van der Waals surface area contributed by atoms with E-state index in [4.69, 9.17) is 16.3 Å². The third-order valence-corrected chi connectivity index (χ3v) is 7.30. The number of morpholine rings is 1. The summed E-state index contributed by atoms with van der Waals surface area (Å²) in [5.74, 6) is -0.971. The maximum atomic E-state index is 13.9. The molecule has 2 aliphatic rings. The van der Waals surface area contributed by atoms with Gasteiger partial charge >= 0.3 is 6.18 Å². The highest BCUT2D eigenvalue weighted by Crippen LogP contribution is 2.39. The lowest BCUT2D eigenvalue weighted by Gasteiger charge is -2.29. The van der Waals surface area contributed by atoms with Crippen LogP contribution < -0.4 is 20.9 Å². The van der Waals surface area contributed by atoms with E-state index in [9.17, 15) is 27.6 Å². The van der Waals surface area contributed by atoms with Crippen LogP contribution in [0.15, 0.2) is 30.3 Å². The van der Waals surface area contributed by atoms with Crippen LogP contribution in [0.4, 0.5) is 24.5 Å². The summed E-state index contributed by atoms with van der Waals surface area (Å²) in [7, 11) is 0. The zero-order valence-corrected chi connectivity index (χ0v) is 21.3. The quantitative estimate of drug-likeness (QED) is 0.411. The molecule has 3 N–H and O–H groups in total. The molecule has 1 aromatic heterocycles. The minimum absolute atomic E-state index is 0.00421. The Bertz CT molecular complexity index is 1160. The van der Waals surface area contributed by atoms with E-state index in [1.165, 1.54) is 12.1 Å². The second kappa shape index (κ2) is 11.8. The molecule has 1 aliphatic carbocycles. The number of nitrogens with zero attached hydrogens (tertiary/aromatic N) is 1.